The summed E-state index contributed by atoms with van der Waals surface area (Å²) in [6.07, 6.45) is 4.51. The molecule has 5 nitrogen and oxygen atoms in total. The van der Waals surface area contributed by atoms with E-state index in [0.717, 1.165) is 36.2 Å². The predicted octanol–water partition coefficient (Wildman–Crippen LogP) is 5.35. The summed E-state index contributed by atoms with van der Waals surface area (Å²) in [5.74, 6) is 0.0233. The Kier molecular flexibility index (Phi) is 6.87. The van der Waals surface area contributed by atoms with Crippen LogP contribution < -0.4 is 5.32 Å². The second-order valence-corrected chi connectivity index (χ2v) is 9.46. The number of anilines is 1. The molecule has 2 aliphatic rings. The van der Waals surface area contributed by atoms with Crippen LogP contribution in [0.15, 0.2) is 42.5 Å². The minimum atomic E-state index is -0.660. The molecule has 1 unspecified atom stereocenters. The van der Waals surface area contributed by atoms with E-state index in [1.807, 2.05) is 54.3 Å². The van der Waals surface area contributed by atoms with E-state index in [2.05, 4.69) is 12.2 Å². The molecule has 6 heteroatoms. The van der Waals surface area contributed by atoms with E-state index in [0.29, 0.717) is 36.6 Å². The van der Waals surface area contributed by atoms with Crippen LogP contribution in [0.5, 0.6) is 0 Å². The number of aryl methyl sites for hydroxylation is 1. The fraction of sp³-hybridized carbons (Fsp3) is 0.462. The van der Waals surface area contributed by atoms with Crippen LogP contribution in [0.3, 0.4) is 0 Å². The quantitative estimate of drug-likeness (QED) is 0.677. The van der Waals surface area contributed by atoms with E-state index in [1.165, 1.54) is 6.42 Å². The summed E-state index contributed by atoms with van der Waals surface area (Å²) >= 11 is 6.08. The number of hydrogen-bond donors (Lipinski definition) is 1. The lowest BCUT2D eigenvalue weighted by Gasteiger charge is -2.36. The van der Waals surface area contributed by atoms with Crippen molar-refractivity contribution in [3.63, 3.8) is 0 Å². The molecule has 2 fully saturated rings. The SMILES string of the molecule is Cc1cc(C(=O)N2CCCCC2C)ccc1NC(=O)C1(c2ccc(Cl)cc2)CCOCC1. The highest BCUT2D eigenvalue weighted by Gasteiger charge is 2.42. The van der Waals surface area contributed by atoms with Crippen LogP contribution >= 0.6 is 11.6 Å². The van der Waals surface area contributed by atoms with Crippen molar-refractivity contribution in [2.75, 3.05) is 25.1 Å². The van der Waals surface area contributed by atoms with Gasteiger partial charge in [-0.15, -0.1) is 0 Å². The highest BCUT2D eigenvalue weighted by atomic mass is 35.5. The first-order valence-corrected chi connectivity index (χ1v) is 11.9. The van der Waals surface area contributed by atoms with Crippen LogP contribution in [-0.2, 0) is 14.9 Å². The minimum Gasteiger partial charge on any atom is -0.381 e. The van der Waals surface area contributed by atoms with Gasteiger partial charge in [-0.25, -0.2) is 0 Å². The topological polar surface area (TPSA) is 58.6 Å². The first-order valence-electron chi connectivity index (χ1n) is 11.5. The van der Waals surface area contributed by atoms with Gasteiger partial charge in [0, 0.05) is 42.1 Å². The van der Waals surface area contributed by atoms with E-state index in [9.17, 15) is 9.59 Å². The predicted molar refractivity (Wildman–Crippen MR) is 127 cm³/mol. The van der Waals surface area contributed by atoms with E-state index in [-0.39, 0.29) is 17.9 Å². The fourth-order valence-corrected chi connectivity index (χ4v) is 5.01. The molecule has 1 atom stereocenters. The van der Waals surface area contributed by atoms with Crippen molar-refractivity contribution in [1.29, 1.82) is 0 Å². The molecule has 0 radical (unpaired) electrons. The third-order valence-corrected chi connectivity index (χ3v) is 7.22. The third-order valence-electron chi connectivity index (χ3n) is 6.96. The Bertz CT molecular complexity index is 983. The zero-order valence-corrected chi connectivity index (χ0v) is 19.6. The molecule has 4 rings (SSSR count). The standard InChI is InChI=1S/C26H31ClN2O3/c1-18-17-20(24(30)29-14-4-3-5-19(29)2)6-11-23(18)28-25(31)26(12-15-32-16-13-26)21-7-9-22(27)10-8-21/h6-11,17,19H,3-5,12-16H2,1-2H3,(H,28,31). The summed E-state index contributed by atoms with van der Waals surface area (Å²) in [4.78, 5) is 28.5. The number of carbonyl (C=O) groups is 2. The summed E-state index contributed by atoms with van der Waals surface area (Å²) < 4.78 is 5.55. The Labute approximate surface area is 195 Å². The van der Waals surface area contributed by atoms with Crippen molar-refractivity contribution < 1.29 is 14.3 Å². The lowest BCUT2D eigenvalue weighted by Crippen LogP contribution is -2.45. The van der Waals surface area contributed by atoms with Crippen molar-refractivity contribution in [3.8, 4) is 0 Å². The summed E-state index contributed by atoms with van der Waals surface area (Å²) in [7, 11) is 0. The molecule has 2 saturated heterocycles. The first-order chi connectivity index (χ1) is 15.4. The summed E-state index contributed by atoms with van der Waals surface area (Å²) in [6.45, 7) is 5.93. The monoisotopic (exact) mass is 454 g/mol. The van der Waals surface area contributed by atoms with Crippen LogP contribution in [0.1, 0.15) is 60.5 Å². The highest BCUT2D eigenvalue weighted by molar-refractivity contribution is 6.30. The third kappa shape index (κ3) is 4.55. The Morgan fingerprint density at radius 1 is 1.09 bits per heavy atom. The number of likely N-dealkylation sites (tertiary alicyclic amines) is 1. The van der Waals surface area contributed by atoms with Gasteiger partial charge in [0.05, 0.1) is 5.41 Å². The lowest BCUT2D eigenvalue weighted by atomic mass is 9.73. The Balaban J connectivity index is 1.55. The Hall–Kier alpha value is -2.37. The minimum absolute atomic E-state index is 0.0463. The average Bonchev–Trinajstić information content (AvgIpc) is 2.81. The van der Waals surface area contributed by atoms with E-state index in [4.69, 9.17) is 16.3 Å². The van der Waals surface area contributed by atoms with E-state index in [1.54, 1.807) is 0 Å². The van der Waals surface area contributed by atoms with Gasteiger partial charge in [0.15, 0.2) is 0 Å². The molecule has 0 aromatic heterocycles. The smallest absolute Gasteiger partial charge is 0.254 e. The zero-order chi connectivity index (χ0) is 22.7. The maximum Gasteiger partial charge on any atom is 0.254 e. The maximum atomic E-state index is 13.6. The van der Waals surface area contributed by atoms with Gasteiger partial charge in [0.25, 0.3) is 5.91 Å². The largest absolute Gasteiger partial charge is 0.381 e. The number of hydrogen-bond acceptors (Lipinski definition) is 3. The molecule has 2 aromatic rings. The van der Waals surface area contributed by atoms with Crippen LogP contribution in [0.2, 0.25) is 5.02 Å². The molecule has 1 N–H and O–H groups in total. The van der Waals surface area contributed by atoms with Gasteiger partial charge in [0.2, 0.25) is 5.91 Å². The molecular weight excluding hydrogens is 424 g/mol. The second-order valence-electron chi connectivity index (χ2n) is 9.03. The van der Waals surface area contributed by atoms with Crippen molar-refractivity contribution >= 4 is 29.1 Å². The molecular formula is C26H31ClN2O3. The van der Waals surface area contributed by atoms with Crippen LogP contribution in [0, 0.1) is 6.92 Å². The average molecular weight is 455 g/mol. The number of carbonyl (C=O) groups excluding carboxylic acids is 2. The van der Waals surface area contributed by atoms with Gasteiger partial charge >= 0.3 is 0 Å². The molecule has 0 bridgehead atoms. The van der Waals surface area contributed by atoms with Crippen molar-refractivity contribution in [1.82, 2.24) is 4.90 Å². The number of amides is 2. The van der Waals surface area contributed by atoms with Gasteiger partial charge in [-0.05, 0) is 87.4 Å². The van der Waals surface area contributed by atoms with Gasteiger partial charge in [0.1, 0.15) is 0 Å². The van der Waals surface area contributed by atoms with Crippen molar-refractivity contribution in [2.24, 2.45) is 0 Å². The van der Waals surface area contributed by atoms with Gasteiger partial charge in [-0.3, -0.25) is 9.59 Å². The number of nitrogens with one attached hydrogen (secondary N) is 1. The summed E-state index contributed by atoms with van der Waals surface area (Å²) in [5.41, 5.74) is 2.58. The molecule has 32 heavy (non-hydrogen) atoms. The molecule has 0 spiro atoms. The van der Waals surface area contributed by atoms with Crippen LogP contribution in [-0.4, -0.2) is 42.5 Å². The van der Waals surface area contributed by atoms with Crippen molar-refractivity contribution in [3.05, 3.63) is 64.2 Å². The van der Waals surface area contributed by atoms with Gasteiger partial charge in [-0.2, -0.15) is 0 Å². The van der Waals surface area contributed by atoms with E-state index >= 15 is 0 Å². The normalized spacial score (nSPS) is 20.6. The molecule has 2 aromatic carbocycles. The van der Waals surface area contributed by atoms with Gasteiger partial charge < -0.3 is 15.0 Å². The molecule has 2 aliphatic heterocycles. The molecule has 0 aliphatic carbocycles. The highest BCUT2D eigenvalue weighted by Crippen LogP contribution is 2.37. The number of ether oxygens (including phenoxy) is 1. The Morgan fingerprint density at radius 2 is 1.81 bits per heavy atom. The maximum absolute atomic E-state index is 13.6. The number of piperidine rings is 1. The molecule has 2 heterocycles. The molecule has 170 valence electrons. The fourth-order valence-electron chi connectivity index (χ4n) is 4.88. The van der Waals surface area contributed by atoms with Crippen LogP contribution in [0.25, 0.3) is 0 Å². The summed E-state index contributed by atoms with van der Waals surface area (Å²) in [5, 5.41) is 3.78. The van der Waals surface area contributed by atoms with E-state index < -0.39 is 5.41 Å². The molecule has 0 saturated carbocycles. The number of benzene rings is 2. The number of nitrogens with zero attached hydrogens (tertiary/aromatic N) is 1. The van der Waals surface area contributed by atoms with Gasteiger partial charge in [-0.1, -0.05) is 23.7 Å². The van der Waals surface area contributed by atoms with Crippen molar-refractivity contribution in [2.45, 2.75) is 57.4 Å². The number of halogens is 1. The summed E-state index contributed by atoms with van der Waals surface area (Å²) in [6, 6.07) is 13.4. The first kappa shape index (κ1) is 22.8. The van der Waals surface area contributed by atoms with Crippen LogP contribution in [0.4, 0.5) is 5.69 Å². The lowest BCUT2D eigenvalue weighted by molar-refractivity contribution is -0.125. The molecule has 2 amide bonds. The second kappa shape index (κ2) is 9.63. The number of rotatable bonds is 4. The zero-order valence-electron chi connectivity index (χ0n) is 18.8. The Morgan fingerprint density at radius 3 is 2.47 bits per heavy atom.